The topological polar surface area (TPSA) is 40.5 Å². The van der Waals surface area contributed by atoms with Gasteiger partial charge in [-0.2, -0.15) is 0 Å². The Hall–Kier alpha value is -1.35. The second kappa shape index (κ2) is 5.74. The fourth-order valence-electron chi connectivity index (χ4n) is 1.90. The Morgan fingerprint density at radius 3 is 2.42 bits per heavy atom. The van der Waals surface area contributed by atoms with Crippen LogP contribution >= 0.6 is 0 Å². The molecule has 3 heteroatoms. The van der Waals surface area contributed by atoms with Gasteiger partial charge in [0, 0.05) is 6.54 Å². The van der Waals surface area contributed by atoms with Crippen molar-refractivity contribution in [3.8, 4) is 0 Å². The molecule has 3 nitrogen and oxygen atoms in total. The van der Waals surface area contributed by atoms with E-state index < -0.39 is 12.0 Å². The number of benzene rings is 1. The van der Waals surface area contributed by atoms with Gasteiger partial charge in [0.2, 0.25) is 0 Å². The molecule has 0 fully saturated rings. The summed E-state index contributed by atoms with van der Waals surface area (Å²) < 4.78 is 0. The Balaban J connectivity index is 2.98. The predicted molar refractivity (Wildman–Crippen MR) is 78.4 cm³/mol. The van der Waals surface area contributed by atoms with Crippen molar-refractivity contribution in [3.63, 3.8) is 0 Å². The predicted octanol–water partition coefficient (Wildman–Crippen LogP) is 3.20. The van der Waals surface area contributed by atoms with Crippen LogP contribution in [0.1, 0.15) is 44.4 Å². The summed E-state index contributed by atoms with van der Waals surface area (Å²) in [5.41, 5.74) is 3.80. The lowest BCUT2D eigenvalue weighted by Crippen LogP contribution is -2.35. The number of carboxylic acid groups (broad SMARTS) is 1. The highest BCUT2D eigenvalue weighted by molar-refractivity contribution is 5.72. The molecule has 0 aliphatic heterocycles. The van der Waals surface area contributed by atoms with Gasteiger partial charge in [0.1, 0.15) is 6.04 Å². The molecule has 1 unspecified atom stereocenters. The fourth-order valence-corrected chi connectivity index (χ4v) is 1.90. The van der Waals surface area contributed by atoms with Crippen LogP contribution in [-0.2, 0) is 16.8 Å². The molecule has 0 radical (unpaired) electrons. The first-order valence-corrected chi connectivity index (χ1v) is 6.66. The maximum Gasteiger partial charge on any atom is 0.320 e. The monoisotopic (exact) mass is 263 g/mol. The van der Waals surface area contributed by atoms with Gasteiger partial charge in [-0.15, -0.1) is 0 Å². The molecule has 0 spiro atoms. The van der Waals surface area contributed by atoms with E-state index in [2.05, 4.69) is 45.9 Å². The lowest BCUT2D eigenvalue weighted by atomic mass is 9.85. The number of rotatable bonds is 4. The van der Waals surface area contributed by atoms with E-state index in [0.717, 1.165) is 0 Å². The van der Waals surface area contributed by atoms with Crippen molar-refractivity contribution < 1.29 is 9.90 Å². The molecule has 0 bridgehead atoms. The Bertz CT molecular complexity index is 460. The smallest absolute Gasteiger partial charge is 0.320 e. The van der Waals surface area contributed by atoms with Crippen molar-refractivity contribution in [1.82, 2.24) is 4.90 Å². The Kier molecular flexibility index (Phi) is 4.75. The minimum Gasteiger partial charge on any atom is -0.480 e. The first-order valence-electron chi connectivity index (χ1n) is 6.66. The lowest BCUT2D eigenvalue weighted by molar-refractivity contribution is -0.142. The Morgan fingerprint density at radius 2 is 1.95 bits per heavy atom. The summed E-state index contributed by atoms with van der Waals surface area (Å²) in [4.78, 5) is 12.9. The van der Waals surface area contributed by atoms with E-state index in [0.29, 0.717) is 6.54 Å². The van der Waals surface area contributed by atoms with Gasteiger partial charge in [-0.1, -0.05) is 39.0 Å². The molecule has 1 atom stereocenters. The molecule has 1 N–H and O–H groups in total. The summed E-state index contributed by atoms with van der Waals surface area (Å²) >= 11 is 0. The van der Waals surface area contributed by atoms with Gasteiger partial charge in [-0.3, -0.25) is 9.69 Å². The normalized spacial score (nSPS) is 13.6. The van der Waals surface area contributed by atoms with E-state index in [1.807, 2.05) is 11.9 Å². The zero-order valence-electron chi connectivity index (χ0n) is 12.8. The van der Waals surface area contributed by atoms with Crippen LogP contribution in [0.4, 0.5) is 0 Å². The average Bonchev–Trinajstić information content (AvgIpc) is 2.29. The van der Waals surface area contributed by atoms with E-state index in [1.54, 1.807) is 6.92 Å². The number of aliphatic carboxylic acids is 1. The molecule has 19 heavy (non-hydrogen) atoms. The number of likely N-dealkylation sites (N-methyl/N-ethyl adjacent to an activating group) is 1. The highest BCUT2D eigenvalue weighted by Crippen LogP contribution is 2.25. The van der Waals surface area contributed by atoms with Gasteiger partial charge in [0.05, 0.1) is 0 Å². The summed E-state index contributed by atoms with van der Waals surface area (Å²) in [5.74, 6) is -0.785. The van der Waals surface area contributed by atoms with Gasteiger partial charge >= 0.3 is 5.97 Å². The molecule has 0 saturated heterocycles. The molecule has 0 amide bonds. The molecular formula is C16H25NO2. The van der Waals surface area contributed by atoms with E-state index in [1.165, 1.54) is 16.7 Å². The van der Waals surface area contributed by atoms with Gasteiger partial charge in [0.25, 0.3) is 0 Å². The summed E-state index contributed by atoms with van der Waals surface area (Å²) in [5, 5.41) is 9.04. The lowest BCUT2D eigenvalue weighted by Gasteiger charge is -2.25. The van der Waals surface area contributed by atoms with Crippen LogP contribution in [0.25, 0.3) is 0 Å². The van der Waals surface area contributed by atoms with E-state index >= 15 is 0 Å². The standard InChI is InChI=1S/C16H25NO2/c1-11-7-8-14(16(3,4)5)9-13(11)10-17(6)12(2)15(18)19/h7-9,12H,10H2,1-6H3,(H,18,19). The minimum atomic E-state index is -0.785. The van der Waals surface area contributed by atoms with Crippen molar-refractivity contribution >= 4 is 5.97 Å². The van der Waals surface area contributed by atoms with Crippen LogP contribution < -0.4 is 0 Å². The van der Waals surface area contributed by atoms with Gasteiger partial charge in [-0.05, 0) is 43.0 Å². The number of carboxylic acids is 1. The van der Waals surface area contributed by atoms with Crippen LogP contribution in [0, 0.1) is 6.92 Å². The molecule has 1 aromatic rings. The maximum atomic E-state index is 11.0. The number of aryl methyl sites for hydroxylation is 1. The zero-order valence-corrected chi connectivity index (χ0v) is 12.8. The zero-order chi connectivity index (χ0) is 14.8. The van der Waals surface area contributed by atoms with E-state index in [-0.39, 0.29) is 5.41 Å². The van der Waals surface area contributed by atoms with E-state index in [4.69, 9.17) is 5.11 Å². The molecule has 0 heterocycles. The maximum absolute atomic E-state index is 11.0. The first-order chi connectivity index (χ1) is 8.62. The third-order valence-corrected chi connectivity index (χ3v) is 3.65. The summed E-state index contributed by atoms with van der Waals surface area (Å²) in [6.45, 7) is 11.0. The molecule has 1 rings (SSSR count). The minimum absolute atomic E-state index is 0.111. The van der Waals surface area contributed by atoms with Crippen molar-refractivity contribution in [2.75, 3.05) is 7.05 Å². The average molecular weight is 263 g/mol. The molecule has 106 valence electrons. The summed E-state index contributed by atoms with van der Waals surface area (Å²) in [7, 11) is 1.85. The van der Waals surface area contributed by atoms with E-state index in [9.17, 15) is 4.79 Å². The summed E-state index contributed by atoms with van der Waals surface area (Å²) in [6, 6.07) is 5.99. The molecule has 0 aliphatic rings. The SMILES string of the molecule is Cc1ccc(C(C)(C)C)cc1CN(C)C(C)C(=O)O. The Labute approximate surface area is 116 Å². The summed E-state index contributed by atoms with van der Waals surface area (Å²) in [6.07, 6.45) is 0. The fraction of sp³-hybridized carbons (Fsp3) is 0.562. The first kappa shape index (κ1) is 15.7. The van der Waals surface area contributed by atoms with Crippen molar-refractivity contribution in [2.24, 2.45) is 0 Å². The van der Waals surface area contributed by atoms with Crippen LogP contribution in [-0.4, -0.2) is 29.1 Å². The second-order valence-corrected chi connectivity index (χ2v) is 6.32. The molecule has 0 aliphatic carbocycles. The van der Waals surface area contributed by atoms with Gasteiger partial charge < -0.3 is 5.11 Å². The quantitative estimate of drug-likeness (QED) is 0.907. The van der Waals surface area contributed by atoms with Crippen molar-refractivity contribution in [3.05, 3.63) is 34.9 Å². The third kappa shape index (κ3) is 4.06. The Morgan fingerprint density at radius 1 is 1.37 bits per heavy atom. The number of carbonyl (C=O) groups is 1. The van der Waals surface area contributed by atoms with Crippen LogP contribution in [0.2, 0.25) is 0 Å². The number of hydrogen-bond acceptors (Lipinski definition) is 2. The van der Waals surface area contributed by atoms with Crippen LogP contribution in [0.15, 0.2) is 18.2 Å². The van der Waals surface area contributed by atoms with Gasteiger partial charge in [0.15, 0.2) is 0 Å². The molecular weight excluding hydrogens is 238 g/mol. The van der Waals surface area contributed by atoms with Crippen LogP contribution in [0.5, 0.6) is 0 Å². The van der Waals surface area contributed by atoms with Crippen molar-refractivity contribution in [2.45, 2.75) is 52.6 Å². The molecule has 0 aromatic heterocycles. The molecule has 0 saturated carbocycles. The number of hydrogen-bond donors (Lipinski definition) is 1. The second-order valence-electron chi connectivity index (χ2n) is 6.32. The highest BCUT2D eigenvalue weighted by atomic mass is 16.4. The third-order valence-electron chi connectivity index (χ3n) is 3.65. The molecule has 1 aromatic carbocycles. The van der Waals surface area contributed by atoms with Gasteiger partial charge in [-0.25, -0.2) is 0 Å². The van der Waals surface area contributed by atoms with Crippen molar-refractivity contribution in [1.29, 1.82) is 0 Å². The largest absolute Gasteiger partial charge is 0.480 e. The van der Waals surface area contributed by atoms with Crippen LogP contribution in [0.3, 0.4) is 0 Å². The number of nitrogens with zero attached hydrogens (tertiary/aromatic N) is 1. The highest BCUT2D eigenvalue weighted by Gasteiger charge is 2.19.